The standard InChI is InChI=1S/C57H96N4O40/c1-14-27(58-15(2)69)37(79)45(23(10-66)88-14)96-52-29(60-17(4)71)38(80)47(25(12-68)93-52)98-55-44(86)48(99-57-50(42(84)34(76)22(9-65)92-57)101-51-28(59-16(3)70)36(78)31(73)19(6-62)89-51)35(77)26(95-55)13-87-56-49(41(83)33(75)21(8-64)91-56)100-53-30(61-18(5)72)39(81)46(24(11-67)94-53)97-54-43(85)40(82)32(74)20(7-63)90-54/h14,19-57,62-68,73-86H,6-13H2,1-5H3,(H,58,69)(H,59,70)(H,60,71)(H,61,72)/t14-,19?,20?,21?,22+,23?,24+,25?,26?,27?,28?,29?,30?,31-,32-,33-,34-,35-,36+,37+,38+,39?,40-,41-,42?,43?,44?,45-,46+,47-,48-,49?,50?,51-,52-,53+,54-,55-,56+,57-/m0/s1. The van der Waals surface area contributed by atoms with Gasteiger partial charge < -0.3 is 200 Å². The maximum absolute atomic E-state index is 12.9. The van der Waals surface area contributed by atoms with Crippen molar-refractivity contribution in [3.8, 4) is 0 Å². The number of amides is 4. The molecule has 0 saturated carbocycles. The van der Waals surface area contributed by atoms with Crippen LogP contribution in [0.15, 0.2) is 0 Å². The van der Waals surface area contributed by atoms with Crippen molar-refractivity contribution in [3.63, 3.8) is 0 Å². The molecule has 16 unspecified atom stereocenters. The van der Waals surface area contributed by atoms with Crippen LogP contribution in [-0.4, -0.2) is 429 Å². The molecule has 101 heavy (non-hydrogen) atoms. The maximum Gasteiger partial charge on any atom is 0.217 e. The first kappa shape index (κ1) is 83.1. The minimum Gasteiger partial charge on any atom is -0.394 e. The Bertz CT molecular complexity index is 2640. The van der Waals surface area contributed by atoms with Crippen LogP contribution in [0, 0.1) is 0 Å². The summed E-state index contributed by atoms with van der Waals surface area (Å²) in [7, 11) is 0. The molecule has 8 aliphatic rings. The number of aliphatic hydroxyl groups excluding tert-OH is 21. The number of hydrogen-bond donors (Lipinski definition) is 25. The smallest absolute Gasteiger partial charge is 0.217 e. The van der Waals surface area contributed by atoms with E-state index in [-0.39, 0.29) is 0 Å². The molecule has 40 atom stereocenters. The van der Waals surface area contributed by atoms with Crippen LogP contribution < -0.4 is 21.3 Å². The van der Waals surface area contributed by atoms with Gasteiger partial charge in [-0.05, 0) is 6.92 Å². The van der Waals surface area contributed by atoms with Crippen molar-refractivity contribution in [2.75, 3.05) is 52.9 Å². The van der Waals surface area contributed by atoms with Crippen molar-refractivity contribution >= 4 is 23.6 Å². The first-order valence-electron chi connectivity index (χ1n) is 32.4. The van der Waals surface area contributed by atoms with Gasteiger partial charge in [0.25, 0.3) is 0 Å². The molecule has 44 nitrogen and oxygen atoms in total. The summed E-state index contributed by atoms with van der Waals surface area (Å²) in [4.78, 5) is 50.4. The lowest BCUT2D eigenvalue weighted by Gasteiger charge is -2.51. The van der Waals surface area contributed by atoms with E-state index in [1.807, 2.05) is 0 Å². The molecule has 25 N–H and O–H groups in total. The van der Waals surface area contributed by atoms with Crippen LogP contribution in [0.5, 0.6) is 0 Å². The molecule has 584 valence electrons. The Morgan fingerprint density at radius 1 is 0.267 bits per heavy atom. The predicted molar refractivity (Wildman–Crippen MR) is 314 cm³/mol. The Hall–Kier alpha value is -3.56. The van der Waals surface area contributed by atoms with E-state index >= 15 is 0 Å². The fraction of sp³-hybridized carbons (Fsp3) is 0.930. The van der Waals surface area contributed by atoms with Gasteiger partial charge in [-0.3, -0.25) is 19.2 Å². The van der Waals surface area contributed by atoms with Crippen LogP contribution in [0.4, 0.5) is 0 Å². The summed E-state index contributed by atoms with van der Waals surface area (Å²) in [5.74, 6) is -3.23. The van der Waals surface area contributed by atoms with Gasteiger partial charge in [0.2, 0.25) is 23.6 Å². The highest BCUT2D eigenvalue weighted by Crippen LogP contribution is 2.39. The van der Waals surface area contributed by atoms with Crippen LogP contribution in [0.25, 0.3) is 0 Å². The van der Waals surface area contributed by atoms with Crippen LogP contribution in [-0.2, 0) is 90.2 Å². The van der Waals surface area contributed by atoms with E-state index in [9.17, 15) is 126 Å². The Balaban J connectivity index is 1.13. The van der Waals surface area contributed by atoms with E-state index < -0.39 is 322 Å². The van der Waals surface area contributed by atoms with Crippen LogP contribution in [0.1, 0.15) is 34.6 Å². The second-order valence-electron chi connectivity index (χ2n) is 25.7. The van der Waals surface area contributed by atoms with Gasteiger partial charge in [-0.1, -0.05) is 0 Å². The van der Waals surface area contributed by atoms with Crippen molar-refractivity contribution in [3.05, 3.63) is 0 Å². The summed E-state index contributed by atoms with van der Waals surface area (Å²) >= 11 is 0. The number of carbonyl (C=O) groups is 4. The SMILES string of the molecule is CC(=O)NC1C(O)[C@H](O[C@@H]2OC(CO)[C@H](O)[C@H](O)C2O)[C@@H](CO)O[C@@H]1OC1[C@H](OCC2O[C@@H](O[C@H]3C(CO)O[C@@H](O[C@H]4C(CO)O[C@@H](C)C(NC(C)=O)[C@H]4O)C(NC(C)=O)[C@H]3O)C(O)[C@@H](O[C@@H]3O[C@H](CO)[C@H](O)C(O)C3O[C@@H]3OC(CO)[C@H](O)[C@H](O)C3NC(C)=O)[C@H]2O)OC(CO)[C@H](O)[C@@H]1O. The highest BCUT2D eigenvalue weighted by atomic mass is 16.8. The Labute approximate surface area is 573 Å². The fourth-order valence-electron chi connectivity index (χ4n) is 13.2. The highest BCUT2D eigenvalue weighted by Gasteiger charge is 2.60. The van der Waals surface area contributed by atoms with Gasteiger partial charge in [-0.25, -0.2) is 0 Å². The third-order valence-corrected chi connectivity index (χ3v) is 18.5. The monoisotopic (exact) mass is 1480 g/mol. The molecule has 8 aliphatic heterocycles. The van der Waals surface area contributed by atoms with Crippen molar-refractivity contribution in [1.82, 2.24) is 21.3 Å². The van der Waals surface area contributed by atoms with E-state index in [0.29, 0.717) is 0 Å². The molecule has 8 fully saturated rings. The lowest BCUT2D eigenvalue weighted by Crippen LogP contribution is -2.70. The summed E-state index contributed by atoms with van der Waals surface area (Å²) in [6.45, 7) is -2.66. The van der Waals surface area contributed by atoms with Crippen molar-refractivity contribution in [2.45, 2.75) is 280 Å². The number of rotatable bonds is 26. The molecule has 0 radical (unpaired) electrons. The van der Waals surface area contributed by atoms with E-state index in [0.717, 1.165) is 27.7 Å². The van der Waals surface area contributed by atoms with Gasteiger partial charge in [0.05, 0.1) is 65.0 Å². The zero-order valence-electron chi connectivity index (χ0n) is 54.9. The summed E-state index contributed by atoms with van der Waals surface area (Å²) in [6.07, 6.45) is -71.1. The Kier molecular flexibility index (Phi) is 29.9. The number of nitrogens with one attached hydrogen (secondary N) is 4. The Morgan fingerprint density at radius 3 is 0.980 bits per heavy atom. The molecule has 0 aliphatic carbocycles. The number of hydrogen-bond acceptors (Lipinski definition) is 40. The lowest BCUT2D eigenvalue weighted by molar-refractivity contribution is -0.396. The molecule has 4 amide bonds. The van der Waals surface area contributed by atoms with Crippen molar-refractivity contribution < 1.29 is 197 Å². The third-order valence-electron chi connectivity index (χ3n) is 18.5. The van der Waals surface area contributed by atoms with Gasteiger partial charge >= 0.3 is 0 Å². The second kappa shape index (κ2) is 36.4. The number of carbonyl (C=O) groups excluding carboxylic acids is 4. The van der Waals surface area contributed by atoms with E-state index in [2.05, 4.69) is 21.3 Å². The number of ether oxygens (including phenoxy) is 15. The summed E-state index contributed by atoms with van der Waals surface area (Å²) in [5, 5.41) is 242. The molecule has 8 rings (SSSR count). The van der Waals surface area contributed by atoms with Gasteiger partial charge in [0.15, 0.2) is 44.0 Å². The molecular formula is C57H96N4O40. The Morgan fingerprint density at radius 2 is 0.554 bits per heavy atom. The van der Waals surface area contributed by atoms with Gasteiger partial charge in [-0.15, -0.1) is 0 Å². The molecule has 0 aromatic heterocycles. The third kappa shape index (κ3) is 18.5. The summed E-state index contributed by atoms with van der Waals surface area (Å²) in [6, 6.07) is -6.60. The van der Waals surface area contributed by atoms with Crippen LogP contribution in [0.3, 0.4) is 0 Å². The predicted octanol–water partition coefficient (Wildman–Crippen LogP) is -16.8. The average Bonchev–Trinajstić information content (AvgIpc) is 0.773. The van der Waals surface area contributed by atoms with Crippen LogP contribution in [0.2, 0.25) is 0 Å². The second-order valence-corrected chi connectivity index (χ2v) is 25.7. The average molecular weight is 1480 g/mol. The molecule has 0 aromatic rings. The van der Waals surface area contributed by atoms with Gasteiger partial charge in [-0.2, -0.15) is 0 Å². The van der Waals surface area contributed by atoms with Gasteiger partial charge in [0.1, 0.15) is 189 Å². The van der Waals surface area contributed by atoms with E-state index in [1.165, 1.54) is 6.92 Å². The molecule has 0 aromatic carbocycles. The molecule has 0 spiro atoms. The molecule has 44 heteroatoms. The minimum absolute atomic E-state index is 0.609. The minimum atomic E-state index is -2.48. The number of aliphatic hydroxyl groups is 21. The first-order chi connectivity index (χ1) is 47.8. The summed E-state index contributed by atoms with van der Waals surface area (Å²) in [5.41, 5.74) is 0. The quantitative estimate of drug-likeness (QED) is 0.0382. The van der Waals surface area contributed by atoms with E-state index in [1.54, 1.807) is 0 Å². The molecular weight excluding hydrogens is 1380 g/mol. The highest BCUT2D eigenvalue weighted by molar-refractivity contribution is 5.74. The maximum atomic E-state index is 12.9. The van der Waals surface area contributed by atoms with Gasteiger partial charge in [0, 0.05) is 27.7 Å². The van der Waals surface area contributed by atoms with Crippen molar-refractivity contribution in [2.24, 2.45) is 0 Å². The summed E-state index contributed by atoms with van der Waals surface area (Å²) < 4.78 is 89.4. The zero-order chi connectivity index (χ0) is 74.5. The molecule has 8 heterocycles. The zero-order valence-corrected chi connectivity index (χ0v) is 54.9. The van der Waals surface area contributed by atoms with Crippen LogP contribution >= 0.6 is 0 Å². The van der Waals surface area contributed by atoms with Crippen molar-refractivity contribution in [1.29, 1.82) is 0 Å². The fourth-order valence-corrected chi connectivity index (χ4v) is 13.2. The van der Waals surface area contributed by atoms with E-state index in [4.69, 9.17) is 71.1 Å². The topological polar surface area (TPSA) is 680 Å². The lowest BCUT2D eigenvalue weighted by atomic mass is 9.92. The molecule has 8 saturated heterocycles. The largest absolute Gasteiger partial charge is 0.394 e. The first-order valence-corrected chi connectivity index (χ1v) is 32.4. The normalized spacial score (nSPS) is 48.3. The molecule has 0 bridgehead atoms.